The van der Waals surface area contributed by atoms with Gasteiger partial charge in [-0.1, -0.05) is 62.7 Å². The van der Waals surface area contributed by atoms with Crippen LogP contribution in [-0.2, 0) is 53.0 Å². The number of imide groups is 1. The molecule has 0 spiro atoms. The molecule has 3 heterocycles. The molecule has 408 valence electrons. The Morgan fingerprint density at radius 3 is 2.22 bits per heavy atom. The third-order valence-corrected chi connectivity index (χ3v) is 12.9. The number of carbonyl (C=O) groups excluding carboxylic acids is 7. The minimum Gasteiger partial charge on any atom is -0.508 e. The lowest BCUT2D eigenvalue weighted by molar-refractivity contribution is -0.146. The van der Waals surface area contributed by atoms with Gasteiger partial charge in [0.2, 0.25) is 23.6 Å². The van der Waals surface area contributed by atoms with Gasteiger partial charge in [-0.25, -0.2) is 19.5 Å². The number of aromatic hydroxyl groups is 1. The highest BCUT2D eigenvalue weighted by Gasteiger charge is 2.43. The number of hydrogen-bond acceptors (Lipinski definition) is 14. The molecule has 1 fully saturated rings. The number of aromatic amines is 1. The summed E-state index contributed by atoms with van der Waals surface area (Å²) in [7, 11) is 0. The summed E-state index contributed by atoms with van der Waals surface area (Å²) in [6.07, 6.45) is 5.34. The van der Waals surface area contributed by atoms with Gasteiger partial charge in [-0.05, 0) is 92.8 Å². The van der Waals surface area contributed by atoms with E-state index in [1.807, 2.05) is 0 Å². The van der Waals surface area contributed by atoms with E-state index in [4.69, 9.17) is 21.9 Å². The fourth-order valence-electron chi connectivity index (χ4n) is 8.56. The summed E-state index contributed by atoms with van der Waals surface area (Å²) in [5.41, 5.74) is 18.6. The van der Waals surface area contributed by atoms with Gasteiger partial charge in [-0.2, -0.15) is 0 Å². The van der Waals surface area contributed by atoms with Crippen molar-refractivity contribution < 1.29 is 53.3 Å². The quantitative estimate of drug-likeness (QED) is 0.0218. The number of nitrogens with one attached hydrogen (secondary N) is 5. The molecule has 7 amide bonds. The largest absolute Gasteiger partial charge is 0.508 e. The number of hydrogen-bond donors (Lipinski definition) is 10. The molecule has 4 aromatic rings. The number of amides is 7. The molecule has 0 radical (unpaired) electrons. The van der Waals surface area contributed by atoms with E-state index >= 15 is 9.59 Å². The Bertz CT molecular complexity index is 2580. The molecular formula is C52H69N13O11. The van der Waals surface area contributed by atoms with E-state index < -0.39 is 89.7 Å². The summed E-state index contributed by atoms with van der Waals surface area (Å²) in [4.78, 5) is 131. The number of unbranched alkanes of at least 4 members (excludes halogenated alkanes) is 1. The van der Waals surface area contributed by atoms with Crippen molar-refractivity contribution >= 4 is 53.5 Å². The van der Waals surface area contributed by atoms with E-state index in [-0.39, 0.29) is 88.5 Å². The average molecular weight is 1050 g/mol. The van der Waals surface area contributed by atoms with Gasteiger partial charge in [-0.15, -0.1) is 0 Å². The van der Waals surface area contributed by atoms with E-state index in [9.17, 15) is 39.0 Å². The number of H-pyrrole nitrogens is 1. The molecule has 7 atom stereocenters. The molecule has 1 saturated heterocycles. The molecule has 24 nitrogen and oxygen atoms in total. The number of benzene rings is 2. The summed E-state index contributed by atoms with van der Waals surface area (Å²) in [5, 5.41) is 30.8. The molecule has 13 N–H and O–H groups in total. The van der Waals surface area contributed by atoms with Crippen molar-refractivity contribution in [1.82, 2.24) is 46.0 Å². The number of aliphatic imine (C=N–C) groups is 1. The maximum absolute atomic E-state index is 15.3. The van der Waals surface area contributed by atoms with Gasteiger partial charge in [-0.3, -0.25) is 38.7 Å². The maximum Gasteiger partial charge on any atom is 0.417 e. The highest BCUT2D eigenvalue weighted by atomic mass is 16.6. The van der Waals surface area contributed by atoms with Gasteiger partial charge in [0.15, 0.2) is 5.96 Å². The Hall–Kier alpha value is -8.41. The van der Waals surface area contributed by atoms with Crippen molar-refractivity contribution in [3.05, 3.63) is 114 Å². The molecule has 0 unspecified atom stereocenters. The highest BCUT2D eigenvalue weighted by molar-refractivity contribution is 6.04. The number of ether oxygens (including phenoxy) is 1. The Kier molecular flexibility index (Phi) is 22.7. The lowest BCUT2D eigenvalue weighted by Crippen LogP contribution is -2.61. The number of carbonyl (C=O) groups is 8. The van der Waals surface area contributed by atoms with Gasteiger partial charge in [0.05, 0.1) is 11.9 Å². The number of aromatic nitrogens is 3. The molecular weight excluding hydrogens is 983 g/mol. The Morgan fingerprint density at radius 2 is 1.58 bits per heavy atom. The van der Waals surface area contributed by atoms with E-state index in [2.05, 4.69) is 41.2 Å². The van der Waals surface area contributed by atoms with Gasteiger partial charge in [0.25, 0.3) is 11.8 Å². The molecule has 0 saturated carbocycles. The zero-order valence-corrected chi connectivity index (χ0v) is 42.6. The van der Waals surface area contributed by atoms with E-state index in [0.717, 1.165) is 0 Å². The molecule has 2 aromatic carbocycles. The van der Waals surface area contributed by atoms with Crippen LogP contribution in [0.25, 0.3) is 0 Å². The second kappa shape index (κ2) is 29.5. The second-order valence-electron chi connectivity index (χ2n) is 18.4. The maximum atomic E-state index is 15.3. The molecule has 24 heteroatoms. The zero-order chi connectivity index (χ0) is 55.1. The molecule has 76 heavy (non-hydrogen) atoms. The van der Waals surface area contributed by atoms with Crippen LogP contribution in [0, 0.1) is 5.92 Å². The van der Waals surface area contributed by atoms with E-state index in [1.165, 1.54) is 66.2 Å². The fourth-order valence-corrected chi connectivity index (χ4v) is 8.56. The van der Waals surface area contributed by atoms with Crippen molar-refractivity contribution in [2.45, 2.75) is 121 Å². The molecule has 1 aliphatic heterocycles. The van der Waals surface area contributed by atoms with E-state index in [1.54, 1.807) is 44.2 Å². The number of carboxylic acid groups (broad SMARTS) is 1. The van der Waals surface area contributed by atoms with Crippen LogP contribution in [0.5, 0.6) is 5.75 Å². The van der Waals surface area contributed by atoms with Gasteiger partial charge >= 0.3 is 12.1 Å². The predicted molar refractivity (Wildman–Crippen MR) is 277 cm³/mol. The van der Waals surface area contributed by atoms with Crippen molar-refractivity contribution in [2.75, 3.05) is 19.6 Å². The first-order chi connectivity index (χ1) is 36.5. The lowest BCUT2D eigenvalue weighted by Gasteiger charge is -2.33. The summed E-state index contributed by atoms with van der Waals surface area (Å²) >= 11 is 0. The van der Waals surface area contributed by atoms with Crippen LogP contribution in [0.3, 0.4) is 0 Å². The van der Waals surface area contributed by atoms with Gasteiger partial charge in [0.1, 0.15) is 48.6 Å². The fraction of sp³-hybridized carbons (Fsp3) is 0.442. The standard InChI is InChI=1S/C52H69N13O11/c1-3-32(2)43(50(73)74)63-46(69)41-17-11-25-64(41)48(71)40(27-36-29-57-31-59-36)62-45(68)38(15-7-8-22-53)60-47(70)42(16-10-24-58-51(54)55)65(52(75)76-30-34-12-5-4-6-13-34)49(72)39(26-33-18-20-37(66)21-19-33)61-44(67)35-14-9-23-56-28-35/h4-6,9,12-14,18-21,23,28-29,31-32,38-43,66H,3,7-8,10-11,15-17,22,24-27,30,53H2,1-2H3,(H,57,59)(H,60,70)(H,61,67)(H,62,68)(H,63,69)(H,73,74)(H4,54,55,58)/t32-,38-,39-,40-,41-,42-,43-/m0/s1. The third-order valence-electron chi connectivity index (χ3n) is 12.9. The summed E-state index contributed by atoms with van der Waals surface area (Å²) < 4.78 is 5.74. The molecule has 1 aliphatic rings. The summed E-state index contributed by atoms with van der Waals surface area (Å²) in [5.74, 6) is -6.98. The summed E-state index contributed by atoms with van der Waals surface area (Å²) in [6.45, 7) is 3.41. The number of phenolic OH excluding ortho intramolecular Hbond substituents is 1. The first-order valence-electron chi connectivity index (χ1n) is 25.2. The minimum absolute atomic E-state index is 0.00362. The van der Waals surface area contributed by atoms with Gasteiger partial charge < -0.3 is 63.3 Å². The van der Waals surface area contributed by atoms with Crippen LogP contribution in [0.2, 0.25) is 0 Å². The molecule has 0 bridgehead atoms. The Labute approximate surface area is 440 Å². The Morgan fingerprint density at radius 1 is 0.842 bits per heavy atom. The zero-order valence-electron chi connectivity index (χ0n) is 42.6. The van der Waals surface area contributed by atoms with Crippen LogP contribution in [-0.4, -0.2) is 144 Å². The third kappa shape index (κ3) is 17.3. The number of aliphatic carboxylic acids is 1. The van der Waals surface area contributed by atoms with Crippen LogP contribution in [0.1, 0.15) is 92.4 Å². The average Bonchev–Trinajstić information content (AvgIpc) is 4.13. The topological polar surface area (TPSA) is 373 Å². The van der Waals surface area contributed by atoms with Crippen molar-refractivity contribution in [3.63, 3.8) is 0 Å². The molecule has 0 aliphatic carbocycles. The van der Waals surface area contributed by atoms with E-state index in [0.29, 0.717) is 41.0 Å². The number of rotatable bonds is 28. The lowest BCUT2D eigenvalue weighted by atomic mass is 9.98. The number of phenols is 1. The molecule has 2 aromatic heterocycles. The van der Waals surface area contributed by atoms with Crippen LogP contribution < -0.4 is 38.5 Å². The SMILES string of the molecule is CC[C@H](C)[C@H](NC(=O)[C@@H]1CCCN1C(=O)[C@H](Cc1cnc[nH]1)NC(=O)[C@H](CCCCN)NC(=O)[C@H](CCCN=C(N)N)N(C(=O)OCc1ccccc1)C(=O)[C@H](Cc1ccc(O)cc1)NC(=O)c1cccnc1)C(=O)O. The Balaban J connectivity index is 1.53. The first kappa shape index (κ1) is 58.5. The number of nitrogens with two attached hydrogens (primary N) is 3. The van der Waals surface area contributed by atoms with Crippen LogP contribution in [0.4, 0.5) is 4.79 Å². The number of likely N-dealkylation sites (tertiary alicyclic amines) is 1. The monoisotopic (exact) mass is 1050 g/mol. The van der Waals surface area contributed by atoms with Crippen molar-refractivity contribution in [3.8, 4) is 5.75 Å². The number of nitrogens with zero attached hydrogens (tertiary/aromatic N) is 5. The highest BCUT2D eigenvalue weighted by Crippen LogP contribution is 2.23. The number of pyridine rings is 1. The normalized spacial score (nSPS) is 15.4. The predicted octanol–water partition coefficient (Wildman–Crippen LogP) is 1.39. The smallest absolute Gasteiger partial charge is 0.417 e. The number of carboxylic acids is 1. The van der Waals surface area contributed by atoms with Crippen LogP contribution >= 0.6 is 0 Å². The van der Waals surface area contributed by atoms with Crippen LogP contribution in [0.15, 0.2) is 96.6 Å². The van der Waals surface area contributed by atoms with Crippen molar-refractivity contribution in [1.29, 1.82) is 0 Å². The van der Waals surface area contributed by atoms with Gasteiger partial charge in [0, 0.05) is 50.2 Å². The second-order valence-corrected chi connectivity index (χ2v) is 18.4. The number of imidazole rings is 1. The first-order valence-corrected chi connectivity index (χ1v) is 25.2. The van der Waals surface area contributed by atoms with Crippen molar-refractivity contribution in [2.24, 2.45) is 28.1 Å². The minimum atomic E-state index is -1.76. The molecule has 5 rings (SSSR count). The number of guanidine groups is 1. The summed E-state index contributed by atoms with van der Waals surface area (Å²) in [6, 6.07) is 8.90.